The molecule has 17 heavy (non-hydrogen) atoms. The van der Waals surface area contributed by atoms with Gasteiger partial charge in [-0.25, -0.2) is 0 Å². The highest BCUT2D eigenvalue weighted by molar-refractivity contribution is 5.83. The van der Waals surface area contributed by atoms with Gasteiger partial charge in [0.15, 0.2) is 0 Å². The Morgan fingerprint density at radius 2 is 1.94 bits per heavy atom. The number of carbonyl (C=O) groups excluding carboxylic acids is 1. The van der Waals surface area contributed by atoms with E-state index >= 15 is 0 Å². The molecule has 0 aromatic heterocycles. The zero-order valence-electron chi connectivity index (χ0n) is 11.3. The van der Waals surface area contributed by atoms with Crippen LogP contribution >= 0.6 is 0 Å². The summed E-state index contributed by atoms with van der Waals surface area (Å²) in [6.45, 7) is 4.91. The number of amides is 1. The minimum atomic E-state index is -0.344. The van der Waals surface area contributed by atoms with Gasteiger partial charge < -0.3 is 15.8 Å². The number of hydrogen-bond acceptors (Lipinski definition) is 3. The van der Waals surface area contributed by atoms with Gasteiger partial charge in [-0.3, -0.25) is 4.79 Å². The Kier molecular flexibility index (Phi) is 4.95. The molecule has 0 unspecified atom stereocenters. The van der Waals surface area contributed by atoms with Crippen LogP contribution < -0.4 is 11.1 Å². The molecule has 0 aromatic carbocycles. The number of methoxy groups -OCH3 is 1. The molecular formula is C13H26N2O2. The van der Waals surface area contributed by atoms with Crippen molar-refractivity contribution in [1.29, 1.82) is 0 Å². The van der Waals surface area contributed by atoms with E-state index in [1.165, 1.54) is 6.42 Å². The maximum absolute atomic E-state index is 12.4. The fourth-order valence-corrected chi connectivity index (χ4v) is 2.59. The van der Waals surface area contributed by atoms with E-state index < -0.39 is 0 Å². The van der Waals surface area contributed by atoms with E-state index in [0.29, 0.717) is 13.2 Å². The summed E-state index contributed by atoms with van der Waals surface area (Å²) >= 11 is 0. The lowest BCUT2D eigenvalue weighted by Crippen LogP contribution is -2.55. The summed E-state index contributed by atoms with van der Waals surface area (Å²) in [4.78, 5) is 12.4. The van der Waals surface area contributed by atoms with E-state index in [2.05, 4.69) is 5.32 Å². The van der Waals surface area contributed by atoms with Crippen LogP contribution in [0.15, 0.2) is 0 Å². The van der Waals surface area contributed by atoms with Gasteiger partial charge in [-0.05, 0) is 26.7 Å². The van der Waals surface area contributed by atoms with E-state index in [9.17, 15) is 4.79 Å². The van der Waals surface area contributed by atoms with Crippen LogP contribution in [-0.4, -0.2) is 31.7 Å². The highest BCUT2D eigenvalue weighted by atomic mass is 16.5. The summed E-state index contributed by atoms with van der Waals surface area (Å²) in [5.41, 5.74) is 5.17. The van der Waals surface area contributed by atoms with Crippen LogP contribution in [0.4, 0.5) is 0 Å². The van der Waals surface area contributed by atoms with E-state index in [0.717, 1.165) is 25.7 Å². The van der Waals surface area contributed by atoms with E-state index in [4.69, 9.17) is 10.5 Å². The van der Waals surface area contributed by atoms with Crippen molar-refractivity contribution < 1.29 is 9.53 Å². The molecule has 0 heterocycles. The van der Waals surface area contributed by atoms with Crippen molar-refractivity contribution in [2.75, 3.05) is 20.3 Å². The molecule has 1 rings (SSSR count). The first-order chi connectivity index (χ1) is 7.96. The lowest BCUT2D eigenvalue weighted by molar-refractivity contribution is -0.134. The Hall–Kier alpha value is -0.610. The Bertz CT molecular complexity index is 258. The van der Waals surface area contributed by atoms with Crippen LogP contribution in [0.3, 0.4) is 0 Å². The molecule has 0 atom stereocenters. The standard InChI is InChI=1S/C13H26N2O2/c1-12(2,10-17-3)15-11(16)13(9-14)7-5-4-6-8-13/h4-10,14H2,1-3H3,(H,15,16). The number of ether oxygens (including phenoxy) is 1. The minimum absolute atomic E-state index is 0.0988. The molecule has 1 aliphatic rings. The maximum Gasteiger partial charge on any atom is 0.227 e. The molecule has 100 valence electrons. The van der Waals surface area contributed by atoms with Crippen molar-refractivity contribution in [3.05, 3.63) is 0 Å². The fraction of sp³-hybridized carbons (Fsp3) is 0.923. The second kappa shape index (κ2) is 5.83. The molecule has 4 nitrogen and oxygen atoms in total. The second-order valence-electron chi connectivity index (χ2n) is 5.82. The molecule has 0 radical (unpaired) electrons. The number of rotatable bonds is 5. The number of nitrogens with two attached hydrogens (primary N) is 1. The van der Waals surface area contributed by atoms with Crippen LogP contribution in [0, 0.1) is 5.41 Å². The van der Waals surface area contributed by atoms with Crippen molar-refractivity contribution in [1.82, 2.24) is 5.32 Å². The summed E-state index contributed by atoms with van der Waals surface area (Å²) < 4.78 is 5.12. The van der Waals surface area contributed by atoms with Crippen molar-refractivity contribution in [2.24, 2.45) is 11.1 Å². The molecule has 1 amide bonds. The van der Waals surface area contributed by atoms with Crippen molar-refractivity contribution >= 4 is 5.91 Å². The Morgan fingerprint density at radius 1 is 1.35 bits per heavy atom. The largest absolute Gasteiger partial charge is 0.382 e. The molecule has 0 bridgehead atoms. The Morgan fingerprint density at radius 3 is 2.41 bits per heavy atom. The molecule has 1 fully saturated rings. The predicted octanol–water partition coefficient (Wildman–Crippen LogP) is 1.44. The topological polar surface area (TPSA) is 64.3 Å². The lowest BCUT2D eigenvalue weighted by Gasteiger charge is -2.38. The molecule has 1 aliphatic carbocycles. The number of nitrogens with one attached hydrogen (secondary N) is 1. The molecule has 0 aliphatic heterocycles. The van der Waals surface area contributed by atoms with Crippen LogP contribution in [0.5, 0.6) is 0 Å². The monoisotopic (exact) mass is 242 g/mol. The van der Waals surface area contributed by atoms with Gasteiger partial charge in [0, 0.05) is 13.7 Å². The van der Waals surface area contributed by atoms with E-state index in [-0.39, 0.29) is 16.9 Å². The highest BCUT2D eigenvalue weighted by Crippen LogP contribution is 2.35. The van der Waals surface area contributed by atoms with Gasteiger partial charge in [-0.1, -0.05) is 19.3 Å². The number of carbonyl (C=O) groups is 1. The summed E-state index contributed by atoms with van der Waals surface area (Å²) in [7, 11) is 1.65. The zero-order valence-corrected chi connectivity index (χ0v) is 11.3. The maximum atomic E-state index is 12.4. The molecule has 0 aromatic rings. The zero-order chi connectivity index (χ0) is 12.9. The van der Waals surface area contributed by atoms with Gasteiger partial charge in [0.2, 0.25) is 5.91 Å². The van der Waals surface area contributed by atoms with Crippen LogP contribution in [0.2, 0.25) is 0 Å². The number of hydrogen-bond donors (Lipinski definition) is 2. The first-order valence-electron chi connectivity index (χ1n) is 6.47. The van der Waals surface area contributed by atoms with Gasteiger partial charge in [-0.15, -0.1) is 0 Å². The predicted molar refractivity (Wildman–Crippen MR) is 68.7 cm³/mol. The van der Waals surface area contributed by atoms with E-state index in [1.54, 1.807) is 7.11 Å². The fourth-order valence-electron chi connectivity index (χ4n) is 2.59. The molecule has 4 heteroatoms. The first-order valence-corrected chi connectivity index (χ1v) is 6.47. The SMILES string of the molecule is COCC(C)(C)NC(=O)C1(CN)CCCCC1. The van der Waals surface area contributed by atoms with Gasteiger partial charge in [0.05, 0.1) is 17.6 Å². The molecule has 0 spiro atoms. The highest BCUT2D eigenvalue weighted by Gasteiger charge is 2.40. The Balaban J connectivity index is 2.66. The summed E-state index contributed by atoms with van der Waals surface area (Å²) in [5.74, 6) is 0.0988. The Labute approximate surface area is 104 Å². The normalized spacial score (nSPS) is 20.0. The van der Waals surface area contributed by atoms with Crippen molar-refractivity contribution in [3.8, 4) is 0 Å². The third kappa shape index (κ3) is 3.68. The van der Waals surface area contributed by atoms with Crippen LogP contribution in [0.1, 0.15) is 46.0 Å². The smallest absolute Gasteiger partial charge is 0.227 e. The third-order valence-electron chi connectivity index (χ3n) is 3.64. The van der Waals surface area contributed by atoms with E-state index in [1.807, 2.05) is 13.8 Å². The van der Waals surface area contributed by atoms with Gasteiger partial charge in [-0.2, -0.15) is 0 Å². The summed E-state index contributed by atoms with van der Waals surface area (Å²) in [6, 6.07) is 0. The van der Waals surface area contributed by atoms with Crippen molar-refractivity contribution in [2.45, 2.75) is 51.5 Å². The minimum Gasteiger partial charge on any atom is -0.382 e. The van der Waals surface area contributed by atoms with Crippen LogP contribution in [-0.2, 0) is 9.53 Å². The van der Waals surface area contributed by atoms with Crippen LogP contribution in [0.25, 0.3) is 0 Å². The average molecular weight is 242 g/mol. The quantitative estimate of drug-likeness (QED) is 0.766. The molecule has 3 N–H and O–H groups in total. The van der Waals surface area contributed by atoms with Gasteiger partial charge in [0.25, 0.3) is 0 Å². The third-order valence-corrected chi connectivity index (χ3v) is 3.64. The summed E-state index contributed by atoms with van der Waals surface area (Å²) in [6.07, 6.45) is 5.26. The molecular weight excluding hydrogens is 216 g/mol. The van der Waals surface area contributed by atoms with Gasteiger partial charge >= 0.3 is 0 Å². The molecule has 1 saturated carbocycles. The van der Waals surface area contributed by atoms with Crippen molar-refractivity contribution in [3.63, 3.8) is 0 Å². The average Bonchev–Trinajstić information content (AvgIpc) is 2.29. The van der Waals surface area contributed by atoms with Gasteiger partial charge in [0.1, 0.15) is 0 Å². The lowest BCUT2D eigenvalue weighted by atomic mass is 9.73. The molecule has 0 saturated heterocycles. The summed E-state index contributed by atoms with van der Waals surface area (Å²) in [5, 5.41) is 3.07. The second-order valence-corrected chi connectivity index (χ2v) is 5.82. The first kappa shape index (κ1) is 14.5.